The first-order valence-electron chi connectivity index (χ1n) is 6.82. The molecule has 0 saturated heterocycles. The van der Waals surface area contributed by atoms with Crippen LogP contribution in [0.15, 0.2) is 54.6 Å². The molecule has 0 radical (unpaired) electrons. The van der Waals surface area contributed by atoms with Crippen LogP contribution in [0.4, 0.5) is 5.69 Å². The van der Waals surface area contributed by atoms with Gasteiger partial charge in [-0.05, 0) is 29.2 Å². The van der Waals surface area contributed by atoms with E-state index in [1.165, 1.54) is 11.1 Å². The minimum atomic E-state index is 0.189. The summed E-state index contributed by atoms with van der Waals surface area (Å²) < 4.78 is 0. The van der Waals surface area contributed by atoms with E-state index in [1.54, 1.807) is 0 Å². The highest BCUT2D eigenvalue weighted by Crippen LogP contribution is 2.20. The molecule has 19 heavy (non-hydrogen) atoms. The summed E-state index contributed by atoms with van der Waals surface area (Å²) in [4.78, 5) is 0. The molecular formula is C17H22N2. The SMILES string of the molecule is CC(C)C(N)CNc1ccc(-c2ccccc2)cc1. The first-order chi connectivity index (χ1) is 9.16. The topological polar surface area (TPSA) is 38.0 Å². The second-order valence-electron chi connectivity index (χ2n) is 5.23. The number of nitrogens with two attached hydrogens (primary N) is 1. The Morgan fingerprint density at radius 3 is 2.05 bits per heavy atom. The van der Waals surface area contributed by atoms with E-state index in [4.69, 9.17) is 5.73 Å². The van der Waals surface area contributed by atoms with Crippen molar-refractivity contribution in [3.05, 3.63) is 54.6 Å². The lowest BCUT2D eigenvalue weighted by atomic mass is 10.0. The molecule has 0 aliphatic rings. The number of nitrogens with one attached hydrogen (secondary N) is 1. The van der Waals surface area contributed by atoms with Crippen molar-refractivity contribution in [1.29, 1.82) is 0 Å². The van der Waals surface area contributed by atoms with Crippen LogP contribution in [0.1, 0.15) is 13.8 Å². The van der Waals surface area contributed by atoms with Crippen LogP contribution < -0.4 is 11.1 Å². The van der Waals surface area contributed by atoms with Crippen LogP contribution in [0.25, 0.3) is 11.1 Å². The van der Waals surface area contributed by atoms with E-state index in [1.807, 2.05) is 6.07 Å². The molecule has 1 unspecified atom stereocenters. The van der Waals surface area contributed by atoms with Crippen LogP contribution in [-0.4, -0.2) is 12.6 Å². The van der Waals surface area contributed by atoms with E-state index in [0.717, 1.165) is 12.2 Å². The van der Waals surface area contributed by atoms with Gasteiger partial charge < -0.3 is 11.1 Å². The van der Waals surface area contributed by atoms with Crippen LogP contribution in [0, 0.1) is 5.92 Å². The van der Waals surface area contributed by atoms with Gasteiger partial charge in [-0.1, -0.05) is 56.3 Å². The molecular weight excluding hydrogens is 232 g/mol. The Kier molecular flexibility index (Phi) is 4.58. The van der Waals surface area contributed by atoms with Gasteiger partial charge in [0.2, 0.25) is 0 Å². The highest BCUT2D eigenvalue weighted by molar-refractivity contribution is 5.65. The van der Waals surface area contributed by atoms with E-state index in [0.29, 0.717) is 5.92 Å². The normalized spacial score (nSPS) is 12.4. The average Bonchev–Trinajstić information content (AvgIpc) is 2.46. The Morgan fingerprint density at radius 2 is 1.47 bits per heavy atom. The van der Waals surface area contributed by atoms with Crippen LogP contribution in [0.2, 0.25) is 0 Å². The number of benzene rings is 2. The summed E-state index contributed by atoms with van der Waals surface area (Å²) in [7, 11) is 0. The molecule has 2 aromatic carbocycles. The maximum absolute atomic E-state index is 6.02. The van der Waals surface area contributed by atoms with Crippen LogP contribution >= 0.6 is 0 Å². The van der Waals surface area contributed by atoms with Crippen molar-refractivity contribution in [3.8, 4) is 11.1 Å². The fourth-order valence-electron chi connectivity index (χ4n) is 1.88. The van der Waals surface area contributed by atoms with Gasteiger partial charge in [-0.15, -0.1) is 0 Å². The predicted octanol–water partition coefficient (Wildman–Crippen LogP) is 3.75. The molecule has 2 aromatic rings. The van der Waals surface area contributed by atoms with Crippen molar-refractivity contribution in [1.82, 2.24) is 0 Å². The molecule has 0 fully saturated rings. The van der Waals surface area contributed by atoms with Gasteiger partial charge in [0.15, 0.2) is 0 Å². The number of anilines is 1. The van der Waals surface area contributed by atoms with E-state index in [2.05, 4.69) is 67.7 Å². The van der Waals surface area contributed by atoms with Crippen molar-refractivity contribution in [2.45, 2.75) is 19.9 Å². The smallest absolute Gasteiger partial charge is 0.0341 e. The zero-order chi connectivity index (χ0) is 13.7. The summed E-state index contributed by atoms with van der Waals surface area (Å²) >= 11 is 0. The van der Waals surface area contributed by atoms with Gasteiger partial charge in [-0.2, -0.15) is 0 Å². The van der Waals surface area contributed by atoms with Gasteiger partial charge in [-0.25, -0.2) is 0 Å². The molecule has 3 N–H and O–H groups in total. The summed E-state index contributed by atoms with van der Waals surface area (Å²) in [6.07, 6.45) is 0. The summed E-state index contributed by atoms with van der Waals surface area (Å²) in [5.41, 5.74) is 9.62. The molecule has 0 amide bonds. The molecule has 0 bridgehead atoms. The average molecular weight is 254 g/mol. The van der Waals surface area contributed by atoms with Gasteiger partial charge in [0.05, 0.1) is 0 Å². The molecule has 1 atom stereocenters. The van der Waals surface area contributed by atoms with Crippen LogP contribution in [0.5, 0.6) is 0 Å². The molecule has 0 aliphatic heterocycles. The van der Waals surface area contributed by atoms with Crippen molar-refractivity contribution in [2.75, 3.05) is 11.9 Å². The Labute approximate surface area is 115 Å². The minimum Gasteiger partial charge on any atom is -0.383 e. The maximum atomic E-state index is 6.02. The fourth-order valence-corrected chi connectivity index (χ4v) is 1.88. The molecule has 0 aliphatic carbocycles. The second-order valence-corrected chi connectivity index (χ2v) is 5.23. The highest BCUT2D eigenvalue weighted by Gasteiger charge is 2.06. The van der Waals surface area contributed by atoms with Crippen LogP contribution in [0.3, 0.4) is 0 Å². The van der Waals surface area contributed by atoms with E-state index < -0.39 is 0 Å². The minimum absolute atomic E-state index is 0.189. The van der Waals surface area contributed by atoms with E-state index >= 15 is 0 Å². The largest absolute Gasteiger partial charge is 0.383 e. The molecule has 0 spiro atoms. The first-order valence-corrected chi connectivity index (χ1v) is 6.82. The summed E-state index contributed by atoms with van der Waals surface area (Å²) in [6, 6.07) is 19.1. The molecule has 2 nitrogen and oxygen atoms in total. The third-order valence-electron chi connectivity index (χ3n) is 3.39. The molecule has 2 heteroatoms. The van der Waals surface area contributed by atoms with E-state index in [9.17, 15) is 0 Å². The number of hydrogen-bond donors (Lipinski definition) is 2. The molecule has 0 aromatic heterocycles. The Balaban J connectivity index is 1.99. The van der Waals surface area contributed by atoms with Gasteiger partial charge in [0, 0.05) is 18.3 Å². The lowest BCUT2D eigenvalue weighted by molar-refractivity contribution is 0.511. The molecule has 0 saturated carbocycles. The third-order valence-corrected chi connectivity index (χ3v) is 3.39. The summed E-state index contributed by atoms with van der Waals surface area (Å²) in [5.74, 6) is 0.496. The number of hydrogen-bond acceptors (Lipinski definition) is 2. The summed E-state index contributed by atoms with van der Waals surface area (Å²) in [6.45, 7) is 5.10. The second kappa shape index (κ2) is 6.39. The Bertz CT molecular complexity index is 488. The number of rotatable bonds is 5. The maximum Gasteiger partial charge on any atom is 0.0341 e. The fraction of sp³-hybridized carbons (Fsp3) is 0.294. The van der Waals surface area contributed by atoms with Crippen molar-refractivity contribution in [2.24, 2.45) is 11.7 Å². The first kappa shape index (κ1) is 13.6. The Morgan fingerprint density at radius 1 is 0.895 bits per heavy atom. The predicted molar refractivity (Wildman–Crippen MR) is 83.2 cm³/mol. The van der Waals surface area contributed by atoms with Crippen molar-refractivity contribution >= 4 is 5.69 Å². The van der Waals surface area contributed by atoms with E-state index in [-0.39, 0.29) is 6.04 Å². The van der Waals surface area contributed by atoms with Crippen molar-refractivity contribution < 1.29 is 0 Å². The lowest BCUT2D eigenvalue weighted by Crippen LogP contribution is -2.33. The van der Waals surface area contributed by atoms with Gasteiger partial charge in [-0.3, -0.25) is 0 Å². The van der Waals surface area contributed by atoms with Gasteiger partial charge in [0.1, 0.15) is 0 Å². The van der Waals surface area contributed by atoms with Gasteiger partial charge >= 0.3 is 0 Å². The standard InChI is InChI=1S/C17H22N2/c1-13(2)17(18)12-19-16-10-8-15(9-11-16)14-6-4-3-5-7-14/h3-11,13,17,19H,12,18H2,1-2H3. The Hall–Kier alpha value is -1.80. The monoisotopic (exact) mass is 254 g/mol. The van der Waals surface area contributed by atoms with Gasteiger partial charge in [0.25, 0.3) is 0 Å². The lowest BCUT2D eigenvalue weighted by Gasteiger charge is -2.17. The van der Waals surface area contributed by atoms with Crippen LogP contribution in [-0.2, 0) is 0 Å². The summed E-state index contributed by atoms with van der Waals surface area (Å²) in [5, 5.41) is 3.38. The quantitative estimate of drug-likeness (QED) is 0.853. The van der Waals surface area contributed by atoms with Crippen molar-refractivity contribution in [3.63, 3.8) is 0 Å². The molecule has 2 rings (SSSR count). The zero-order valence-corrected chi connectivity index (χ0v) is 11.6. The third kappa shape index (κ3) is 3.83. The molecule has 0 heterocycles. The highest BCUT2D eigenvalue weighted by atomic mass is 14.9. The molecule has 100 valence electrons. The zero-order valence-electron chi connectivity index (χ0n) is 11.6.